The van der Waals surface area contributed by atoms with Gasteiger partial charge >= 0.3 is 0 Å². The molecule has 1 fully saturated rings. The number of carbonyl (C=O) groups excluding carboxylic acids is 1. The number of hydrogen-bond acceptors (Lipinski definition) is 3. The first kappa shape index (κ1) is 21.9. The molecule has 1 spiro atoms. The summed E-state index contributed by atoms with van der Waals surface area (Å²) < 4.78 is 2.42. The van der Waals surface area contributed by atoms with Gasteiger partial charge in [-0.2, -0.15) is 0 Å². The Morgan fingerprint density at radius 1 is 1.06 bits per heavy atom. The average Bonchev–Trinajstić information content (AvgIpc) is 3.26. The molecule has 1 amide bonds. The van der Waals surface area contributed by atoms with Crippen molar-refractivity contribution in [2.45, 2.75) is 58.2 Å². The first-order chi connectivity index (χ1) is 15.9. The molecule has 2 aromatic carbocycles. The smallest absolute Gasteiger partial charge is 0.227 e. The van der Waals surface area contributed by atoms with Crippen LogP contribution in [0.15, 0.2) is 60.9 Å². The van der Waals surface area contributed by atoms with Gasteiger partial charge < -0.3 is 9.47 Å². The molecule has 33 heavy (non-hydrogen) atoms. The molecule has 172 valence electrons. The predicted molar refractivity (Wildman–Crippen MR) is 132 cm³/mol. The van der Waals surface area contributed by atoms with Crippen LogP contribution < -0.4 is 0 Å². The first-order valence-electron chi connectivity index (χ1n) is 12.1. The van der Waals surface area contributed by atoms with Gasteiger partial charge in [-0.25, -0.2) is 4.98 Å². The van der Waals surface area contributed by atoms with Crippen LogP contribution >= 0.6 is 0 Å². The Bertz CT molecular complexity index is 1120. The molecule has 5 heteroatoms. The lowest BCUT2D eigenvalue weighted by Crippen LogP contribution is -2.60. The number of carbonyl (C=O) groups is 1. The van der Waals surface area contributed by atoms with Crippen molar-refractivity contribution in [3.05, 3.63) is 77.7 Å². The fourth-order valence-electron chi connectivity index (χ4n) is 5.48. The highest BCUT2D eigenvalue weighted by Crippen LogP contribution is 2.39. The van der Waals surface area contributed by atoms with Crippen LogP contribution in [-0.4, -0.2) is 50.9 Å². The monoisotopic (exact) mass is 442 g/mol. The second-order valence-electron chi connectivity index (χ2n) is 10.1. The summed E-state index contributed by atoms with van der Waals surface area (Å²) >= 11 is 0. The van der Waals surface area contributed by atoms with Crippen LogP contribution in [-0.2, 0) is 23.3 Å². The standard InChI is InChI=1S/C28H34N4O/c1-21(2)31-17-25-27(24-8-5-4-6-9-24)29-20-32(25)28(19-31)14-7-15-30(18-28)26(33)16-23-12-10-22(3)11-13-23/h4-6,8-13,20-21H,7,14-19H2,1-3H3/t28-/m1/s1. The maximum absolute atomic E-state index is 13.3. The van der Waals surface area contributed by atoms with Gasteiger partial charge in [-0.3, -0.25) is 9.69 Å². The maximum Gasteiger partial charge on any atom is 0.227 e. The summed E-state index contributed by atoms with van der Waals surface area (Å²) in [6, 6.07) is 19.3. The van der Waals surface area contributed by atoms with Crippen molar-refractivity contribution in [2.75, 3.05) is 19.6 Å². The van der Waals surface area contributed by atoms with Crippen LogP contribution in [0.25, 0.3) is 11.3 Å². The number of likely N-dealkylation sites (tertiary alicyclic amines) is 1. The molecule has 0 radical (unpaired) electrons. The van der Waals surface area contributed by atoms with E-state index in [1.165, 1.54) is 11.3 Å². The van der Waals surface area contributed by atoms with E-state index in [4.69, 9.17) is 4.98 Å². The summed E-state index contributed by atoms with van der Waals surface area (Å²) in [4.78, 5) is 22.9. The number of hydrogen-bond donors (Lipinski definition) is 0. The summed E-state index contributed by atoms with van der Waals surface area (Å²) in [5.74, 6) is 0.226. The summed E-state index contributed by atoms with van der Waals surface area (Å²) in [6.45, 7) is 10.0. The largest absolute Gasteiger partial charge is 0.340 e. The summed E-state index contributed by atoms with van der Waals surface area (Å²) in [5.41, 5.74) is 5.69. The third kappa shape index (κ3) is 4.22. The molecule has 1 saturated heterocycles. The number of piperidine rings is 1. The first-order valence-corrected chi connectivity index (χ1v) is 12.1. The summed E-state index contributed by atoms with van der Waals surface area (Å²) in [5, 5.41) is 0. The third-order valence-electron chi connectivity index (χ3n) is 7.39. The highest BCUT2D eigenvalue weighted by Gasteiger charge is 2.45. The fraction of sp³-hybridized carbons (Fsp3) is 0.429. The van der Waals surface area contributed by atoms with Crippen LogP contribution in [0.4, 0.5) is 0 Å². The van der Waals surface area contributed by atoms with E-state index >= 15 is 0 Å². The molecular formula is C28H34N4O. The molecule has 3 aromatic rings. The van der Waals surface area contributed by atoms with Crippen molar-refractivity contribution in [2.24, 2.45) is 0 Å². The van der Waals surface area contributed by atoms with Gasteiger partial charge in [0, 0.05) is 37.8 Å². The number of benzene rings is 2. The Morgan fingerprint density at radius 3 is 2.55 bits per heavy atom. The van der Waals surface area contributed by atoms with Crippen molar-refractivity contribution in [1.82, 2.24) is 19.4 Å². The van der Waals surface area contributed by atoms with E-state index in [-0.39, 0.29) is 11.4 Å². The minimum Gasteiger partial charge on any atom is -0.340 e. The highest BCUT2D eigenvalue weighted by molar-refractivity contribution is 5.79. The minimum atomic E-state index is -0.126. The van der Waals surface area contributed by atoms with E-state index < -0.39 is 0 Å². The van der Waals surface area contributed by atoms with E-state index in [2.05, 4.69) is 83.7 Å². The van der Waals surface area contributed by atoms with Crippen molar-refractivity contribution < 1.29 is 4.79 Å². The average molecular weight is 443 g/mol. The molecule has 1 atom stereocenters. The van der Waals surface area contributed by atoms with Crippen molar-refractivity contribution in [3.63, 3.8) is 0 Å². The van der Waals surface area contributed by atoms with Crippen LogP contribution in [0.2, 0.25) is 0 Å². The third-order valence-corrected chi connectivity index (χ3v) is 7.39. The van der Waals surface area contributed by atoms with Crippen LogP contribution in [0, 0.1) is 6.92 Å². The number of aryl methyl sites for hydroxylation is 1. The number of rotatable bonds is 4. The Hall–Kier alpha value is -2.92. The zero-order chi connectivity index (χ0) is 23.0. The van der Waals surface area contributed by atoms with Crippen LogP contribution in [0.1, 0.15) is 43.5 Å². The van der Waals surface area contributed by atoms with E-state index in [0.29, 0.717) is 12.5 Å². The van der Waals surface area contributed by atoms with Gasteiger partial charge in [-0.15, -0.1) is 0 Å². The predicted octanol–water partition coefficient (Wildman–Crippen LogP) is 4.64. The van der Waals surface area contributed by atoms with Crippen molar-refractivity contribution in [3.8, 4) is 11.3 Å². The van der Waals surface area contributed by atoms with E-state index in [1.807, 2.05) is 12.4 Å². The maximum atomic E-state index is 13.3. The van der Waals surface area contributed by atoms with Gasteiger partial charge in [0.2, 0.25) is 5.91 Å². The van der Waals surface area contributed by atoms with E-state index in [1.54, 1.807) is 0 Å². The zero-order valence-electron chi connectivity index (χ0n) is 20.0. The molecule has 5 rings (SSSR count). The van der Waals surface area contributed by atoms with Crippen molar-refractivity contribution in [1.29, 1.82) is 0 Å². The van der Waals surface area contributed by atoms with Crippen LogP contribution in [0.5, 0.6) is 0 Å². The molecule has 0 N–H and O–H groups in total. The number of imidazole rings is 1. The van der Waals surface area contributed by atoms with Gasteiger partial charge in [-0.1, -0.05) is 60.2 Å². The molecule has 0 aliphatic carbocycles. The molecule has 0 unspecified atom stereocenters. The lowest BCUT2D eigenvalue weighted by atomic mass is 9.85. The van der Waals surface area contributed by atoms with Gasteiger partial charge in [0.05, 0.1) is 29.7 Å². The fourth-order valence-corrected chi connectivity index (χ4v) is 5.48. The molecule has 5 nitrogen and oxygen atoms in total. The quantitative estimate of drug-likeness (QED) is 0.591. The van der Waals surface area contributed by atoms with Gasteiger partial charge in [0.1, 0.15) is 0 Å². The molecular weight excluding hydrogens is 408 g/mol. The normalized spacial score (nSPS) is 20.9. The molecule has 2 aliphatic heterocycles. The summed E-state index contributed by atoms with van der Waals surface area (Å²) in [6.07, 6.45) is 4.59. The number of nitrogens with zero attached hydrogens (tertiary/aromatic N) is 4. The lowest BCUT2D eigenvalue weighted by molar-refractivity contribution is -0.134. The van der Waals surface area contributed by atoms with Gasteiger partial charge in [0.15, 0.2) is 0 Å². The topological polar surface area (TPSA) is 41.4 Å². The molecule has 3 heterocycles. The van der Waals surface area contributed by atoms with E-state index in [9.17, 15) is 4.79 Å². The highest BCUT2D eigenvalue weighted by atomic mass is 16.2. The second kappa shape index (κ2) is 8.79. The van der Waals surface area contributed by atoms with E-state index in [0.717, 1.165) is 55.8 Å². The second-order valence-corrected chi connectivity index (χ2v) is 10.1. The Morgan fingerprint density at radius 2 is 1.82 bits per heavy atom. The van der Waals surface area contributed by atoms with Crippen LogP contribution in [0.3, 0.4) is 0 Å². The van der Waals surface area contributed by atoms with Gasteiger partial charge in [-0.05, 0) is 39.2 Å². The summed E-state index contributed by atoms with van der Waals surface area (Å²) in [7, 11) is 0. The number of aromatic nitrogens is 2. The number of amides is 1. The zero-order valence-corrected chi connectivity index (χ0v) is 20.0. The molecule has 0 bridgehead atoms. The van der Waals surface area contributed by atoms with Gasteiger partial charge in [0.25, 0.3) is 0 Å². The Balaban J connectivity index is 1.46. The number of fused-ring (bicyclic) bond motifs is 2. The Labute approximate surface area is 197 Å². The Kier molecular flexibility index (Phi) is 5.83. The molecule has 2 aliphatic rings. The van der Waals surface area contributed by atoms with Crippen molar-refractivity contribution >= 4 is 5.91 Å². The molecule has 1 aromatic heterocycles. The molecule has 0 saturated carbocycles. The lowest BCUT2D eigenvalue weighted by Gasteiger charge is -2.50. The minimum absolute atomic E-state index is 0.126. The SMILES string of the molecule is Cc1ccc(CC(=O)N2CCC[C@@]3(C2)CN(C(C)C)Cc2c(-c4ccccc4)ncn23)cc1.